The summed E-state index contributed by atoms with van der Waals surface area (Å²) in [5, 5.41) is 11.2. The highest BCUT2D eigenvalue weighted by Crippen LogP contribution is 2.27. The van der Waals surface area contributed by atoms with Gasteiger partial charge < -0.3 is 9.47 Å². The van der Waals surface area contributed by atoms with Crippen LogP contribution < -0.4 is 20.5 Å². The molecule has 2 aromatic carbocycles. The number of ether oxygens (including phenoxy) is 2. The normalized spacial score (nSPS) is 11.3. The molecule has 3 rings (SSSR count). The van der Waals surface area contributed by atoms with Gasteiger partial charge in [0.15, 0.2) is 17.2 Å². The highest BCUT2D eigenvalue weighted by atomic mass is 16.5. The number of H-pyrrole nitrogens is 1. The predicted octanol–water partition coefficient (Wildman–Crippen LogP) is 2.29. The van der Waals surface area contributed by atoms with E-state index in [0.717, 1.165) is 5.56 Å². The zero-order valence-electron chi connectivity index (χ0n) is 15.8. The molecule has 1 amide bonds. The van der Waals surface area contributed by atoms with E-state index in [1.54, 1.807) is 45.4 Å². The number of methoxy groups -OCH3 is 2. The molecule has 0 fully saturated rings. The quantitative estimate of drug-likeness (QED) is 0.504. The molecule has 8 heteroatoms. The number of aromatic nitrogens is 2. The van der Waals surface area contributed by atoms with Crippen molar-refractivity contribution in [3.05, 3.63) is 64.1 Å². The number of nitrogens with one attached hydrogen (secondary N) is 2. The number of rotatable bonds is 6. The molecular formula is C20H20N4O4. The van der Waals surface area contributed by atoms with Crippen molar-refractivity contribution in [2.24, 2.45) is 5.10 Å². The molecule has 144 valence electrons. The van der Waals surface area contributed by atoms with Crippen LogP contribution in [-0.2, 0) is 6.42 Å². The Balaban J connectivity index is 1.76. The number of hydrogen-bond donors (Lipinski definition) is 2. The molecule has 0 radical (unpaired) electrons. The van der Waals surface area contributed by atoms with E-state index in [2.05, 4.69) is 20.7 Å². The third-order valence-electron chi connectivity index (χ3n) is 4.17. The standard InChI is InChI=1S/C20H20N4O4/c1-12(10-13-8-9-16(27-2)17(11-13)28-3)21-24-20(26)18-14-6-4-5-7-15(14)19(25)23-22-18/h4-9,11H,10H2,1-3H3,(H,23,25)(H,24,26)/b21-12-. The van der Waals surface area contributed by atoms with Gasteiger partial charge in [-0.05, 0) is 30.7 Å². The van der Waals surface area contributed by atoms with Crippen molar-refractivity contribution >= 4 is 22.4 Å². The van der Waals surface area contributed by atoms with Gasteiger partial charge in [-0.15, -0.1) is 0 Å². The monoisotopic (exact) mass is 380 g/mol. The van der Waals surface area contributed by atoms with Crippen LogP contribution in [-0.4, -0.2) is 36.0 Å². The number of benzene rings is 2. The van der Waals surface area contributed by atoms with Gasteiger partial charge in [0.2, 0.25) is 0 Å². The maximum atomic E-state index is 12.5. The Hall–Kier alpha value is -3.68. The van der Waals surface area contributed by atoms with Crippen molar-refractivity contribution in [1.82, 2.24) is 15.6 Å². The molecule has 0 saturated carbocycles. The van der Waals surface area contributed by atoms with E-state index in [1.807, 2.05) is 18.2 Å². The third kappa shape index (κ3) is 4.01. The fraction of sp³-hybridized carbons (Fsp3) is 0.200. The SMILES string of the molecule is COc1ccc(C/C(C)=N\NC(=O)c2n[nH]c(=O)c3ccccc23)cc1OC. The lowest BCUT2D eigenvalue weighted by Crippen LogP contribution is -2.23. The van der Waals surface area contributed by atoms with Gasteiger partial charge in [-0.1, -0.05) is 24.3 Å². The highest BCUT2D eigenvalue weighted by Gasteiger charge is 2.13. The first-order chi connectivity index (χ1) is 13.5. The lowest BCUT2D eigenvalue weighted by Gasteiger charge is -2.09. The number of fused-ring (bicyclic) bond motifs is 1. The summed E-state index contributed by atoms with van der Waals surface area (Å²) in [5.41, 5.74) is 3.90. The van der Waals surface area contributed by atoms with Crippen LogP contribution in [0.3, 0.4) is 0 Å². The lowest BCUT2D eigenvalue weighted by molar-refractivity contribution is 0.0950. The molecule has 0 spiro atoms. The summed E-state index contributed by atoms with van der Waals surface area (Å²) in [4.78, 5) is 24.3. The number of hydrogen-bond acceptors (Lipinski definition) is 6. The maximum Gasteiger partial charge on any atom is 0.292 e. The Morgan fingerprint density at radius 1 is 1.11 bits per heavy atom. The number of aromatic amines is 1. The number of nitrogens with zero attached hydrogens (tertiary/aromatic N) is 2. The molecule has 0 saturated heterocycles. The van der Waals surface area contributed by atoms with E-state index in [1.165, 1.54) is 0 Å². The Labute approximate surface area is 161 Å². The molecule has 2 N–H and O–H groups in total. The van der Waals surface area contributed by atoms with Crippen molar-refractivity contribution in [2.45, 2.75) is 13.3 Å². The number of carbonyl (C=O) groups excluding carboxylic acids is 1. The topological polar surface area (TPSA) is 106 Å². The van der Waals surface area contributed by atoms with Gasteiger partial charge in [0, 0.05) is 17.5 Å². The largest absolute Gasteiger partial charge is 0.493 e. The second kappa shape index (κ2) is 8.34. The molecule has 0 atom stereocenters. The summed E-state index contributed by atoms with van der Waals surface area (Å²) < 4.78 is 10.5. The molecule has 1 heterocycles. The van der Waals surface area contributed by atoms with Gasteiger partial charge in [-0.3, -0.25) is 9.59 Å². The van der Waals surface area contributed by atoms with Crippen LogP contribution in [0.2, 0.25) is 0 Å². The van der Waals surface area contributed by atoms with Crippen molar-refractivity contribution in [3.8, 4) is 11.5 Å². The van der Waals surface area contributed by atoms with Crippen LogP contribution in [0.25, 0.3) is 10.8 Å². The second-order valence-corrected chi connectivity index (χ2v) is 6.10. The zero-order chi connectivity index (χ0) is 20.1. The Morgan fingerprint density at radius 3 is 2.54 bits per heavy atom. The first kappa shape index (κ1) is 19.1. The minimum atomic E-state index is -0.501. The summed E-state index contributed by atoms with van der Waals surface area (Å²) in [7, 11) is 3.15. The summed E-state index contributed by atoms with van der Waals surface area (Å²) in [6, 6.07) is 12.4. The fourth-order valence-electron chi connectivity index (χ4n) is 2.81. The van der Waals surface area contributed by atoms with Crippen molar-refractivity contribution < 1.29 is 14.3 Å². The molecule has 0 bridgehead atoms. The fourth-order valence-corrected chi connectivity index (χ4v) is 2.81. The van der Waals surface area contributed by atoms with Gasteiger partial charge in [-0.25, -0.2) is 10.5 Å². The van der Waals surface area contributed by atoms with Crippen LogP contribution in [0.15, 0.2) is 52.4 Å². The summed E-state index contributed by atoms with van der Waals surface area (Å²) >= 11 is 0. The van der Waals surface area contributed by atoms with Crippen molar-refractivity contribution in [3.63, 3.8) is 0 Å². The van der Waals surface area contributed by atoms with E-state index < -0.39 is 5.91 Å². The van der Waals surface area contributed by atoms with Crippen LogP contribution >= 0.6 is 0 Å². The molecule has 0 aliphatic carbocycles. The lowest BCUT2D eigenvalue weighted by atomic mass is 10.1. The molecule has 28 heavy (non-hydrogen) atoms. The summed E-state index contributed by atoms with van der Waals surface area (Å²) in [6.45, 7) is 1.80. The van der Waals surface area contributed by atoms with Crippen molar-refractivity contribution in [2.75, 3.05) is 14.2 Å². The summed E-state index contributed by atoms with van der Waals surface area (Å²) in [5.74, 6) is 0.769. The van der Waals surface area contributed by atoms with E-state index in [-0.39, 0.29) is 11.3 Å². The molecule has 8 nitrogen and oxygen atoms in total. The molecule has 3 aromatic rings. The molecule has 1 aromatic heterocycles. The van der Waals surface area contributed by atoms with Crippen LogP contribution in [0.1, 0.15) is 23.0 Å². The average Bonchev–Trinajstić information content (AvgIpc) is 2.72. The van der Waals surface area contributed by atoms with Gasteiger partial charge in [0.05, 0.1) is 19.6 Å². The molecular weight excluding hydrogens is 360 g/mol. The van der Waals surface area contributed by atoms with Gasteiger partial charge in [0.25, 0.3) is 11.5 Å². The minimum absolute atomic E-state index is 0.109. The van der Waals surface area contributed by atoms with Gasteiger partial charge in [0.1, 0.15) is 0 Å². The molecule has 0 aliphatic rings. The third-order valence-corrected chi connectivity index (χ3v) is 4.17. The summed E-state index contributed by atoms with van der Waals surface area (Å²) in [6.07, 6.45) is 0.514. The van der Waals surface area contributed by atoms with Gasteiger partial charge in [-0.2, -0.15) is 10.2 Å². The second-order valence-electron chi connectivity index (χ2n) is 6.10. The molecule has 0 aliphatic heterocycles. The zero-order valence-corrected chi connectivity index (χ0v) is 15.8. The highest BCUT2D eigenvalue weighted by molar-refractivity contribution is 6.05. The van der Waals surface area contributed by atoms with Crippen LogP contribution in [0.5, 0.6) is 11.5 Å². The van der Waals surface area contributed by atoms with Crippen LogP contribution in [0, 0.1) is 0 Å². The number of amides is 1. The predicted molar refractivity (Wildman–Crippen MR) is 106 cm³/mol. The first-order valence-corrected chi connectivity index (χ1v) is 8.55. The Bertz CT molecular complexity index is 1100. The van der Waals surface area contributed by atoms with Gasteiger partial charge >= 0.3 is 0 Å². The van der Waals surface area contributed by atoms with Crippen molar-refractivity contribution in [1.29, 1.82) is 0 Å². The number of hydrazone groups is 1. The van der Waals surface area contributed by atoms with E-state index in [4.69, 9.17) is 9.47 Å². The average molecular weight is 380 g/mol. The van der Waals surface area contributed by atoms with E-state index >= 15 is 0 Å². The minimum Gasteiger partial charge on any atom is -0.493 e. The van der Waals surface area contributed by atoms with Crippen LogP contribution in [0.4, 0.5) is 0 Å². The number of carbonyl (C=O) groups is 1. The molecule has 0 unspecified atom stereocenters. The maximum absolute atomic E-state index is 12.5. The first-order valence-electron chi connectivity index (χ1n) is 8.55. The van der Waals surface area contributed by atoms with E-state index in [9.17, 15) is 9.59 Å². The smallest absolute Gasteiger partial charge is 0.292 e. The van der Waals surface area contributed by atoms with E-state index in [0.29, 0.717) is 34.4 Å². The Morgan fingerprint density at radius 2 is 1.82 bits per heavy atom. The Kier molecular flexibility index (Phi) is 5.69.